The smallest absolute Gasteiger partial charge is 0.225 e. The third-order valence-electron chi connectivity index (χ3n) is 5.69. The van der Waals surface area contributed by atoms with Crippen molar-refractivity contribution in [1.29, 1.82) is 0 Å². The fraction of sp³-hybridized carbons (Fsp3) is 0.522. The largest absolute Gasteiger partial charge is 0.379 e. The van der Waals surface area contributed by atoms with Crippen molar-refractivity contribution in [2.45, 2.75) is 20.0 Å². The van der Waals surface area contributed by atoms with Crippen LogP contribution in [0.15, 0.2) is 47.7 Å². The van der Waals surface area contributed by atoms with Crippen LogP contribution in [-0.4, -0.2) is 84.8 Å². The molecule has 1 aromatic heterocycles. The number of hydrogen-bond donors (Lipinski definition) is 1. The number of aromatic nitrogens is 2. The molecule has 3 heterocycles. The minimum absolute atomic E-state index is 0.683. The highest BCUT2D eigenvalue weighted by atomic mass is 16.5. The molecule has 0 bridgehead atoms. The first kappa shape index (κ1) is 21.5. The highest BCUT2D eigenvalue weighted by Gasteiger charge is 2.21. The van der Waals surface area contributed by atoms with E-state index in [2.05, 4.69) is 61.2 Å². The standard InChI is InChI=1S/C23H33N7O/c1-2-24-22(29-10-12-30(13-11-29)23-25-8-3-9-26-23)27-18-20-4-6-21(7-5-20)19-28-14-16-31-17-15-28/h3-9H,2,10-19H2,1H3,(H,24,27). The van der Waals surface area contributed by atoms with Crippen LogP contribution in [-0.2, 0) is 17.8 Å². The molecule has 2 aliphatic rings. The molecule has 0 saturated carbocycles. The van der Waals surface area contributed by atoms with E-state index in [-0.39, 0.29) is 0 Å². The van der Waals surface area contributed by atoms with Crippen LogP contribution < -0.4 is 10.2 Å². The number of hydrogen-bond acceptors (Lipinski definition) is 6. The molecule has 1 N–H and O–H groups in total. The highest BCUT2D eigenvalue weighted by molar-refractivity contribution is 5.80. The average Bonchev–Trinajstić information content (AvgIpc) is 2.84. The van der Waals surface area contributed by atoms with Gasteiger partial charge in [-0.3, -0.25) is 4.90 Å². The first-order valence-electron chi connectivity index (χ1n) is 11.2. The number of aliphatic imine (C=N–C) groups is 1. The van der Waals surface area contributed by atoms with Crippen molar-refractivity contribution in [3.05, 3.63) is 53.9 Å². The molecule has 0 unspecified atom stereocenters. The minimum Gasteiger partial charge on any atom is -0.379 e. The van der Waals surface area contributed by atoms with Crippen molar-refractivity contribution >= 4 is 11.9 Å². The van der Waals surface area contributed by atoms with Crippen LogP contribution in [0.5, 0.6) is 0 Å². The SMILES string of the molecule is CCNC(=NCc1ccc(CN2CCOCC2)cc1)N1CCN(c2ncccn2)CC1. The van der Waals surface area contributed by atoms with E-state index < -0.39 is 0 Å². The summed E-state index contributed by atoms with van der Waals surface area (Å²) in [7, 11) is 0. The number of nitrogens with one attached hydrogen (secondary N) is 1. The first-order chi connectivity index (χ1) is 15.3. The van der Waals surface area contributed by atoms with Crippen LogP contribution in [0.1, 0.15) is 18.1 Å². The molecule has 8 heteroatoms. The summed E-state index contributed by atoms with van der Waals surface area (Å²) in [6, 6.07) is 10.7. The van der Waals surface area contributed by atoms with Crippen LogP contribution in [0.25, 0.3) is 0 Å². The van der Waals surface area contributed by atoms with Gasteiger partial charge in [0.15, 0.2) is 5.96 Å². The van der Waals surface area contributed by atoms with Gasteiger partial charge in [-0.05, 0) is 24.1 Å². The number of anilines is 1. The van der Waals surface area contributed by atoms with Gasteiger partial charge in [0.1, 0.15) is 0 Å². The number of morpholine rings is 1. The molecule has 1 aromatic carbocycles. The number of ether oxygens (including phenoxy) is 1. The second-order valence-electron chi connectivity index (χ2n) is 7.90. The van der Waals surface area contributed by atoms with Crippen molar-refractivity contribution in [2.75, 3.05) is 63.9 Å². The summed E-state index contributed by atoms with van der Waals surface area (Å²) < 4.78 is 5.43. The van der Waals surface area contributed by atoms with Crippen LogP contribution >= 0.6 is 0 Å². The molecular formula is C23H33N7O. The van der Waals surface area contributed by atoms with Crippen molar-refractivity contribution in [3.63, 3.8) is 0 Å². The molecule has 0 radical (unpaired) electrons. The summed E-state index contributed by atoms with van der Waals surface area (Å²) in [5, 5.41) is 3.45. The molecule has 31 heavy (non-hydrogen) atoms. The van der Waals surface area contributed by atoms with Crippen molar-refractivity contribution in [1.82, 2.24) is 25.1 Å². The number of nitrogens with zero attached hydrogens (tertiary/aromatic N) is 6. The molecule has 0 amide bonds. The zero-order valence-electron chi connectivity index (χ0n) is 18.4. The Morgan fingerprint density at radius 3 is 2.32 bits per heavy atom. The van der Waals surface area contributed by atoms with E-state index in [1.54, 1.807) is 12.4 Å². The first-order valence-corrected chi connectivity index (χ1v) is 11.2. The van der Waals surface area contributed by atoms with Gasteiger partial charge in [0.25, 0.3) is 0 Å². The molecule has 0 atom stereocenters. The van der Waals surface area contributed by atoms with Gasteiger partial charge in [0.05, 0.1) is 19.8 Å². The Kier molecular flexibility index (Phi) is 7.68. The molecule has 2 aliphatic heterocycles. The lowest BCUT2D eigenvalue weighted by molar-refractivity contribution is 0.0342. The number of guanidine groups is 1. The molecule has 2 fully saturated rings. The average molecular weight is 424 g/mol. The van der Waals surface area contributed by atoms with Gasteiger partial charge in [-0.15, -0.1) is 0 Å². The lowest BCUT2D eigenvalue weighted by Crippen LogP contribution is -2.52. The van der Waals surface area contributed by atoms with E-state index in [1.165, 1.54) is 11.1 Å². The molecule has 4 rings (SSSR count). The normalized spacial score (nSPS) is 18.3. The zero-order chi connectivity index (χ0) is 21.3. The Morgan fingerprint density at radius 2 is 1.65 bits per heavy atom. The molecule has 2 saturated heterocycles. The summed E-state index contributed by atoms with van der Waals surface area (Å²) >= 11 is 0. The second kappa shape index (κ2) is 11.1. The van der Waals surface area contributed by atoms with E-state index in [0.717, 1.165) is 77.5 Å². The van der Waals surface area contributed by atoms with Gasteiger partial charge in [0, 0.05) is 64.8 Å². The molecule has 0 spiro atoms. The Labute approximate surface area is 184 Å². The summed E-state index contributed by atoms with van der Waals surface area (Å²) in [5.74, 6) is 1.79. The Morgan fingerprint density at radius 1 is 0.968 bits per heavy atom. The van der Waals surface area contributed by atoms with Crippen LogP contribution in [0.2, 0.25) is 0 Å². The van der Waals surface area contributed by atoms with E-state index in [9.17, 15) is 0 Å². The molecule has 8 nitrogen and oxygen atoms in total. The highest BCUT2D eigenvalue weighted by Crippen LogP contribution is 2.12. The van der Waals surface area contributed by atoms with Gasteiger partial charge in [-0.2, -0.15) is 0 Å². The van der Waals surface area contributed by atoms with Gasteiger partial charge >= 0.3 is 0 Å². The monoisotopic (exact) mass is 423 g/mol. The number of piperazine rings is 1. The molecule has 0 aliphatic carbocycles. The Bertz CT molecular complexity index is 814. The number of rotatable bonds is 6. The minimum atomic E-state index is 0.683. The third-order valence-corrected chi connectivity index (χ3v) is 5.69. The lowest BCUT2D eigenvalue weighted by atomic mass is 10.1. The van der Waals surface area contributed by atoms with Gasteiger partial charge in [-0.25, -0.2) is 15.0 Å². The van der Waals surface area contributed by atoms with E-state index in [4.69, 9.17) is 9.73 Å². The maximum atomic E-state index is 5.43. The van der Waals surface area contributed by atoms with Crippen LogP contribution in [0, 0.1) is 0 Å². The van der Waals surface area contributed by atoms with Gasteiger partial charge in [0.2, 0.25) is 5.95 Å². The lowest BCUT2D eigenvalue weighted by Gasteiger charge is -2.36. The predicted molar refractivity (Wildman–Crippen MR) is 123 cm³/mol. The van der Waals surface area contributed by atoms with E-state index in [1.807, 2.05) is 6.07 Å². The maximum Gasteiger partial charge on any atom is 0.225 e. The van der Waals surface area contributed by atoms with E-state index >= 15 is 0 Å². The van der Waals surface area contributed by atoms with Crippen molar-refractivity contribution < 1.29 is 4.74 Å². The zero-order valence-corrected chi connectivity index (χ0v) is 18.4. The Hall–Kier alpha value is -2.71. The van der Waals surface area contributed by atoms with Crippen molar-refractivity contribution in [3.8, 4) is 0 Å². The number of benzene rings is 1. The van der Waals surface area contributed by atoms with Crippen LogP contribution in [0.4, 0.5) is 5.95 Å². The summed E-state index contributed by atoms with van der Waals surface area (Å²) in [5.41, 5.74) is 2.58. The van der Waals surface area contributed by atoms with E-state index in [0.29, 0.717) is 6.54 Å². The fourth-order valence-corrected chi connectivity index (χ4v) is 3.93. The molecule has 166 valence electrons. The Balaban J connectivity index is 1.31. The molecule has 2 aromatic rings. The third kappa shape index (κ3) is 6.15. The summed E-state index contributed by atoms with van der Waals surface area (Å²) in [6.45, 7) is 12.0. The predicted octanol–water partition coefficient (Wildman–Crippen LogP) is 1.60. The maximum absolute atomic E-state index is 5.43. The molecular weight excluding hydrogens is 390 g/mol. The fourth-order valence-electron chi connectivity index (χ4n) is 3.93. The summed E-state index contributed by atoms with van der Waals surface area (Å²) in [6.07, 6.45) is 3.60. The second-order valence-corrected chi connectivity index (χ2v) is 7.90. The van der Waals surface area contributed by atoms with Gasteiger partial charge in [-0.1, -0.05) is 24.3 Å². The quantitative estimate of drug-likeness (QED) is 0.559. The summed E-state index contributed by atoms with van der Waals surface area (Å²) in [4.78, 5) is 20.6. The topological polar surface area (TPSA) is 69.1 Å². The van der Waals surface area contributed by atoms with Crippen molar-refractivity contribution in [2.24, 2.45) is 4.99 Å². The van der Waals surface area contributed by atoms with Crippen LogP contribution in [0.3, 0.4) is 0 Å². The van der Waals surface area contributed by atoms with Gasteiger partial charge < -0.3 is 19.9 Å².